The van der Waals surface area contributed by atoms with Gasteiger partial charge in [0.2, 0.25) is 16.9 Å². The van der Waals surface area contributed by atoms with Gasteiger partial charge in [0.25, 0.3) is 0 Å². The van der Waals surface area contributed by atoms with E-state index in [1.165, 1.54) is 45.6 Å². The molecule has 0 radical (unpaired) electrons. The largest absolute Gasteiger partial charge is 0.301 e. The van der Waals surface area contributed by atoms with Crippen LogP contribution < -0.4 is 10.2 Å². The minimum atomic E-state index is -0.150. The number of anilines is 2. The van der Waals surface area contributed by atoms with Gasteiger partial charge >= 0.3 is 0 Å². The summed E-state index contributed by atoms with van der Waals surface area (Å²) in [4.78, 5) is 30.4. The van der Waals surface area contributed by atoms with Crippen LogP contribution in [0.2, 0.25) is 0 Å². The average Bonchev–Trinajstić information content (AvgIpc) is 3.22. The van der Waals surface area contributed by atoms with Crippen molar-refractivity contribution in [1.82, 2.24) is 15.2 Å². The molecule has 10 heteroatoms. The topological polar surface area (TPSA) is 88.1 Å². The Bertz CT molecular complexity index is 1090. The number of nitrogens with zero attached hydrogens (tertiary/aromatic N) is 4. The number of thiazole rings is 1. The second-order valence-corrected chi connectivity index (χ2v) is 10.2. The molecule has 1 saturated carbocycles. The van der Waals surface area contributed by atoms with Crippen LogP contribution in [0.15, 0.2) is 27.9 Å². The van der Waals surface area contributed by atoms with E-state index in [1.807, 2.05) is 11.4 Å². The number of hydrogen-bond acceptors (Lipinski definition) is 8. The number of aryl methyl sites for hydroxylation is 2. The van der Waals surface area contributed by atoms with E-state index >= 15 is 0 Å². The highest BCUT2D eigenvalue weighted by molar-refractivity contribution is 8.01. The molecule has 0 spiro atoms. The van der Waals surface area contributed by atoms with E-state index in [2.05, 4.69) is 46.5 Å². The highest BCUT2D eigenvalue weighted by Crippen LogP contribution is 2.35. The van der Waals surface area contributed by atoms with E-state index in [-0.39, 0.29) is 23.6 Å². The predicted octanol–water partition coefficient (Wildman–Crippen LogP) is 4.52. The summed E-state index contributed by atoms with van der Waals surface area (Å²) < 4.78 is 0.669. The number of rotatable bonds is 7. The molecule has 1 aliphatic rings. The zero-order chi connectivity index (χ0) is 21.3. The standard InChI is InChI=1S/C20H21N5O2S3/c1-11-4-5-14(8-12(11)2)16-9-28-18(21-16)22-17(27)10-29-20-24-23-19(30-20)25(13(3)26)15-6-7-15/h4-5,8-9,15H,6-7,10H2,1-3H3,(H,21,22,27). The van der Waals surface area contributed by atoms with Crippen molar-refractivity contribution in [3.05, 3.63) is 34.7 Å². The van der Waals surface area contributed by atoms with Crippen molar-refractivity contribution < 1.29 is 9.59 Å². The van der Waals surface area contributed by atoms with Crippen molar-refractivity contribution in [3.63, 3.8) is 0 Å². The van der Waals surface area contributed by atoms with Crippen molar-refractivity contribution in [3.8, 4) is 11.3 Å². The van der Waals surface area contributed by atoms with Crippen LogP contribution >= 0.6 is 34.4 Å². The van der Waals surface area contributed by atoms with E-state index in [0.29, 0.717) is 14.6 Å². The fraction of sp³-hybridized carbons (Fsp3) is 0.350. The molecular formula is C20H21N5O2S3. The Hall–Kier alpha value is -2.30. The van der Waals surface area contributed by atoms with Gasteiger partial charge in [-0.1, -0.05) is 35.2 Å². The molecule has 1 fully saturated rings. The summed E-state index contributed by atoms with van der Waals surface area (Å²) in [5, 5.41) is 14.2. The van der Waals surface area contributed by atoms with Crippen LogP contribution in [0.5, 0.6) is 0 Å². The molecule has 1 aliphatic carbocycles. The summed E-state index contributed by atoms with van der Waals surface area (Å²) in [5.41, 5.74) is 4.34. The van der Waals surface area contributed by atoms with Crippen molar-refractivity contribution >= 4 is 56.5 Å². The summed E-state index contributed by atoms with van der Waals surface area (Å²) in [6.45, 7) is 5.69. The second kappa shape index (κ2) is 8.83. The molecule has 156 valence electrons. The molecule has 4 rings (SSSR count). The molecule has 1 aromatic carbocycles. The molecule has 0 unspecified atom stereocenters. The van der Waals surface area contributed by atoms with Crippen molar-refractivity contribution in [1.29, 1.82) is 0 Å². The van der Waals surface area contributed by atoms with Gasteiger partial charge in [-0.25, -0.2) is 4.98 Å². The van der Waals surface area contributed by atoms with E-state index in [4.69, 9.17) is 0 Å². The number of thioether (sulfide) groups is 1. The molecule has 0 aliphatic heterocycles. The molecule has 2 heterocycles. The first kappa shape index (κ1) is 21.0. The SMILES string of the molecule is CC(=O)N(c1nnc(SCC(=O)Nc2nc(-c3ccc(C)c(C)c3)cs2)s1)C1CC1. The first-order chi connectivity index (χ1) is 14.4. The molecule has 0 saturated heterocycles. The lowest BCUT2D eigenvalue weighted by Crippen LogP contribution is -2.30. The molecule has 7 nitrogen and oxygen atoms in total. The third kappa shape index (κ3) is 4.88. The van der Waals surface area contributed by atoms with Gasteiger partial charge in [-0.15, -0.1) is 21.5 Å². The zero-order valence-corrected chi connectivity index (χ0v) is 19.3. The molecule has 3 aromatic rings. The number of benzene rings is 1. The van der Waals surface area contributed by atoms with Gasteiger partial charge in [0.15, 0.2) is 9.47 Å². The quantitative estimate of drug-likeness (QED) is 0.413. The average molecular weight is 460 g/mol. The number of aromatic nitrogens is 3. The predicted molar refractivity (Wildman–Crippen MR) is 122 cm³/mol. The van der Waals surface area contributed by atoms with E-state index in [1.54, 1.807) is 11.8 Å². The molecule has 0 bridgehead atoms. The van der Waals surface area contributed by atoms with Gasteiger partial charge in [-0.05, 0) is 43.9 Å². The van der Waals surface area contributed by atoms with E-state index in [0.717, 1.165) is 24.1 Å². The minimum Gasteiger partial charge on any atom is -0.301 e. The lowest BCUT2D eigenvalue weighted by atomic mass is 10.1. The van der Waals surface area contributed by atoms with Crippen LogP contribution in [0.3, 0.4) is 0 Å². The normalized spacial score (nSPS) is 13.3. The smallest absolute Gasteiger partial charge is 0.236 e. The Morgan fingerprint density at radius 2 is 2.03 bits per heavy atom. The number of carbonyl (C=O) groups is 2. The van der Waals surface area contributed by atoms with Crippen LogP contribution in [0.4, 0.5) is 10.3 Å². The van der Waals surface area contributed by atoms with Gasteiger partial charge in [-0.2, -0.15) is 0 Å². The lowest BCUT2D eigenvalue weighted by Gasteiger charge is -2.15. The molecular weight excluding hydrogens is 438 g/mol. The Morgan fingerprint density at radius 1 is 1.23 bits per heavy atom. The van der Waals surface area contributed by atoms with E-state index < -0.39 is 0 Å². The highest BCUT2D eigenvalue weighted by Gasteiger charge is 2.34. The fourth-order valence-electron chi connectivity index (χ4n) is 2.89. The van der Waals surface area contributed by atoms with Gasteiger partial charge in [0.1, 0.15) is 0 Å². The van der Waals surface area contributed by atoms with Crippen LogP contribution in [0.25, 0.3) is 11.3 Å². The van der Waals surface area contributed by atoms with Gasteiger partial charge in [0.05, 0.1) is 11.4 Å². The van der Waals surface area contributed by atoms with Crippen molar-refractivity contribution in [2.24, 2.45) is 0 Å². The van der Waals surface area contributed by atoms with Gasteiger partial charge in [-0.3, -0.25) is 14.5 Å². The van der Waals surface area contributed by atoms with Crippen LogP contribution in [-0.4, -0.2) is 38.8 Å². The number of hydrogen-bond donors (Lipinski definition) is 1. The third-order valence-corrected chi connectivity index (χ3v) is 7.55. The Kier molecular flexibility index (Phi) is 6.16. The highest BCUT2D eigenvalue weighted by atomic mass is 32.2. The first-order valence-corrected chi connectivity index (χ1v) is 12.2. The van der Waals surface area contributed by atoms with Crippen molar-refractivity contribution in [2.45, 2.75) is 44.0 Å². The monoisotopic (exact) mass is 459 g/mol. The maximum atomic E-state index is 12.3. The Morgan fingerprint density at radius 3 is 2.73 bits per heavy atom. The number of nitrogens with one attached hydrogen (secondary N) is 1. The zero-order valence-electron chi connectivity index (χ0n) is 16.8. The summed E-state index contributed by atoms with van der Waals surface area (Å²) in [6, 6.07) is 6.46. The lowest BCUT2D eigenvalue weighted by molar-refractivity contribution is -0.116. The Balaban J connectivity index is 1.33. The fourth-order valence-corrected chi connectivity index (χ4v) is 5.38. The van der Waals surface area contributed by atoms with Crippen molar-refractivity contribution in [2.75, 3.05) is 16.0 Å². The third-order valence-electron chi connectivity index (χ3n) is 4.73. The Labute approximate surface area is 186 Å². The molecule has 0 atom stereocenters. The number of amides is 2. The molecule has 2 amide bonds. The molecule has 2 aromatic heterocycles. The summed E-state index contributed by atoms with van der Waals surface area (Å²) in [5.74, 6) is 0.0334. The first-order valence-electron chi connectivity index (χ1n) is 9.50. The van der Waals surface area contributed by atoms with Gasteiger partial charge < -0.3 is 5.32 Å². The van der Waals surface area contributed by atoms with Gasteiger partial charge in [0, 0.05) is 23.9 Å². The van der Waals surface area contributed by atoms with Crippen LogP contribution in [-0.2, 0) is 9.59 Å². The maximum absolute atomic E-state index is 12.3. The summed E-state index contributed by atoms with van der Waals surface area (Å²) in [7, 11) is 0. The molecule has 1 N–H and O–H groups in total. The summed E-state index contributed by atoms with van der Waals surface area (Å²) >= 11 is 4.05. The van der Waals surface area contributed by atoms with Crippen LogP contribution in [0, 0.1) is 13.8 Å². The number of carbonyl (C=O) groups excluding carboxylic acids is 2. The van der Waals surface area contributed by atoms with Crippen LogP contribution in [0.1, 0.15) is 30.9 Å². The summed E-state index contributed by atoms with van der Waals surface area (Å²) in [6.07, 6.45) is 2.00. The minimum absolute atomic E-state index is 0.0220. The molecule has 30 heavy (non-hydrogen) atoms. The second-order valence-electron chi connectivity index (χ2n) is 7.14. The van der Waals surface area contributed by atoms with E-state index in [9.17, 15) is 9.59 Å². The maximum Gasteiger partial charge on any atom is 0.236 e.